The molecule has 0 fully saturated rings. The number of allylic oxidation sites excluding steroid dienone is 1. The maximum absolute atomic E-state index is 3.86. The topological polar surface area (TPSA) is 0 Å². The third kappa shape index (κ3) is 2.09. The van der Waals surface area contributed by atoms with Gasteiger partial charge in [0, 0.05) is 15.3 Å². The Kier molecular flexibility index (Phi) is 3.46. The lowest BCUT2D eigenvalue weighted by molar-refractivity contribution is 1.31. The van der Waals surface area contributed by atoms with Crippen LogP contribution in [-0.4, -0.2) is 0 Å². The van der Waals surface area contributed by atoms with Crippen molar-refractivity contribution < 1.29 is 0 Å². The summed E-state index contributed by atoms with van der Waals surface area (Å²) in [6.07, 6.45) is 2.92. The minimum Gasteiger partial charge on any atom is -0.144 e. The maximum atomic E-state index is 3.86. The van der Waals surface area contributed by atoms with E-state index in [1.807, 2.05) is 40.1 Å². The molecule has 0 amide bonds. The first-order chi connectivity index (χ1) is 8.90. The van der Waals surface area contributed by atoms with Gasteiger partial charge in [-0.1, -0.05) is 18.2 Å². The van der Waals surface area contributed by atoms with E-state index in [-0.39, 0.29) is 0 Å². The summed E-state index contributed by atoms with van der Waals surface area (Å²) in [5, 5.41) is 6.55. The van der Waals surface area contributed by atoms with Gasteiger partial charge in [-0.2, -0.15) is 0 Å². The molecule has 3 rings (SSSR count). The first-order valence-corrected chi connectivity index (χ1v) is 8.33. The van der Waals surface area contributed by atoms with Crippen molar-refractivity contribution in [2.75, 3.05) is 0 Å². The van der Waals surface area contributed by atoms with E-state index in [2.05, 4.69) is 47.0 Å². The quantitative estimate of drug-likeness (QED) is 0.522. The van der Waals surface area contributed by atoms with Crippen molar-refractivity contribution in [3.05, 3.63) is 58.6 Å². The van der Waals surface area contributed by atoms with Crippen LogP contribution >= 0.6 is 34.0 Å². The Morgan fingerprint density at radius 1 is 1.00 bits per heavy atom. The minimum atomic E-state index is 0.940. The van der Waals surface area contributed by atoms with Crippen LogP contribution in [0, 0.1) is 0 Å². The zero-order chi connectivity index (χ0) is 12.4. The number of thiophene rings is 3. The van der Waals surface area contributed by atoms with Crippen LogP contribution in [0.25, 0.3) is 20.2 Å². The number of hydrogen-bond donors (Lipinski definition) is 0. The average Bonchev–Trinajstić information content (AvgIpc) is 3.10. The van der Waals surface area contributed by atoms with Crippen LogP contribution in [0.3, 0.4) is 0 Å². The molecule has 0 unspecified atom stereocenters. The van der Waals surface area contributed by atoms with Crippen LogP contribution in [0.4, 0.5) is 0 Å². The summed E-state index contributed by atoms with van der Waals surface area (Å²) in [4.78, 5) is 4.11. The molecule has 0 aliphatic carbocycles. The summed E-state index contributed by atoms with van der Waals surface area (Å²) in [6, 6.07) is 8.64. The van der Waals surface area contributed by atoms with Gasteiger partial charge in [-0.05, 0) is 40.3 Å². The van der Waals surface area contributed by atoms with Crippen molar-refractivity contribution in [3.63, 3.8) is 0 Å². The molecular weight excluding hydrogens is 276 g/mol. The Morgan fingerprint density at radius 2 is 1.72 bits per heavy atom. The van der Waals surface area contributed by atoms with Crippen LogP contribution in [0.1, 0.15) is 5.56 Å². The molecule has 0 aliphatic heterocycles. The third-order valence-corrected chi connectivity index (χ3v) is 5.71. The fourth-order valence-corrected chi connectivity index (χ4v) is 4.83. The van der Waals surface area contributed by atoms with Gasteiger partial charge in [-0.15, -0.1) is 40.6 Å². The Hall–Kier alpha value is -1.16. The van der Waals surface area contributed by atoms with Gasteiger partial charge < -0.3 is 0 Å². The highest BCUT2D eigenvalue weighted by Gasteiger charge is 2.15. The van der Waals surface area contributed by atoms with Crippen molar-refractivity contribution >= 4 is 34.0 Å². The second kappa shape index (κ2) is 5.22. The molecule has 0 bridgehead atoms. The lowest BCUT2D eigenvalue weighted by Gasteiger charge is -2.03. The van der Waals surface area contributed by atoms with Crippen molar-refractivity contribution in [2.45, 2.75) is 6.42 Å². The molecule has 18 heavy (non-hydrogen) atoms. The molecule has 0 aliphatic rings. The Balaban J connectivity index is 2.18. The highest BCUT2D eigenvalue weighted by atomic mass is 32.1. The predicted octanol–water partition coefficient (Wildman–Crippen LogP) is 5.93. The van der Waals surface area contributed by atoms with Crippen LogP contribution in [0.5, 0.6) is 0 Å². The molecule has 3 heterocycles. The molecule has 0 saturated heterocycles. The first kappa shape index (κ1) is 11.9. The number of rotatable bonds is 4. The van der Waals surface area contributed by atoms with Gasteiger partial charge >= 0.3 is 0 Å². The van der Waals surface area contributed by atoms with Crippen LogP contribution in [0.15, 0.2) is 53.1 Å². The Morgan fingerprint density at radius 3 is 2.33 bits per heavy atom. The van der Waals surface area contributed by atoms with Crippen LogP contribution < -0.4 is 0 Å². The van der Waals surface area contributed by atoms with E-state index in [1.165, 1.54) is 25.8 Å². The van der Waals surface area contributed by atoms with Gasteiger partial charge in [0.2, 0.25) is 0 Å². The fraction of sp³-hybridized carbons (Fsp3) is 0.0667. The van der Waals surface area contributed by atoms with E-state index in [9.17, 15) is 0 Å². The van der Waals surface area contributed by atoms with Crippen molar-refractivity contribution in [1.29, 1.82) is 0 Å². The average molecular weight is 288 g/mol. The smallest absolute Gasteiger partial charge is 0.0532 e. The molecule has 3 aromatic rings. The monoisotopic (exact) mass is 288 g/mol. The largest absolute Gasteiger partial charge is 0.144 e. The lowest BCUT2D eigenvalue weighted by Crippen LogP contribution is -1.81. The van der Waals surface area contributed by atoms with Crippen molar-refractivity contribution in [3.8, 4) is 20.2 Å². The molecule has 0 radical (unpaired) electrons. The molecule has 0 atom stereocenters. The highest BCUT2D eigenvalue weighted by molar-refractivity contribution is 7.21. The summed E-state index contributed by atoms with van der Waals surface area (Å²) in [5.74, 6) is 0. The summed E-state index contributed by atoms with van der Waals surface area (Å²) in [7, 11) is 0. The summed E-state index contributed by atoms with van der Waals surface area (Å²) in [6.45, 7) is 3.86. The van der Waals surface area contributed by atoms with Crippen molar-refractivity contribution in [2.24, 2.45) is 0 Å². The minimum absolute atomic E-state index is 0.940. The summed E-state index contributed by atoms with van der Waals surface area (Å²) in [5.41, 5.74) is 2.79. The molecule has 0 N–H and O–H groups in total. The third-order valence-electron chi connectivity index (χ3n) is 2.74. The maximum Gasteiger partial charge on any atom is 0.0532 e. The van der Waals surface area contributed by atoms with Crippen LogP contribution in [0.2, 0.25) is 0 Å². The molecule has 0 saturated carbocycles. The van der Waals surface area contributed by atoms with Crippen molar-refractivity contribution in [1.82, 2.24) is 0 Å². The van der Waals surface area contributed by atoms with E-state index in [0.717, 1.165) is 6.42 Å². The molecule has 0 aromatic carbocycles. The SMILES string of the molecule is C=CCc1csc(-c2cccs2)c1-c1cccs1. The van der Waals surface area contributed by atoms with Gasteiger partial charge in [0.05, 0.1) is 4.88 Å². The van der Waals surface area contributed by atoms with E-state index in [4.69, 9.17) is 0 Å². The first-order valence-electron chi connectivity index (χ1n) is 5.69. The zero-order valence-corrected chi connectivity index (χ0v) is 12.2. The van der Waals surface area contributed by atoms with E-state index >= 15 is 0 Å². The van der Waals surface area contributed by atoms with E-state index in [1.54, 1.807) is 0 Å². The Bertz CT molecular complexity index is 627. The van der Waals surface area contributed by atoms with Crippen LogP contribution in [-0.2, 0) is 6.42 Å². The molecule has 90 valence electrons. The normalized spacial score (nSPS) is 10.7. The second-order valence-corrected chi connectivity index (χ2v) is 6.69. The van der Waals surface area contributed by atoms with Gasteiger partial charge in [-0.25, -0.2) is 0 Å². The fourth-order valence-electron chi connectivity index (χ4n) is 1.98. The number of hydrogen-bond acceptors (Lipinski definition) is 3. The molecule has 3 aromatic heterocycles. The highest BCUT2D eigenvalue weighted by Crippen LogP contribution is 2.43. The summed E-state index contributed by atoms with van der Waals surface area (Å²) >= 11 is 5.46. The molecule has 0 nitrogen and oxygen atoms in total. The molecular formula is C15H12S3. The summed E-state index contributed by atoms with van der Waals surface area (Å²) < 4.78 is 0. The van der Waals surface area contributed by atoms with E-state index in [0.29, 0.717) is 0 Å². The van der Waals surface area contributed by atoms with Gasteiger partial charge in [0.25, 0.3) is 0 Å². The van der Waals surface area contributed by atoms with E-state index < -0.39 is 0 Å². The molecule has 3 heteroatoms. The molecule has 0 spiro atoms. The lowest BCUT2D eigenvalue weighted by atomic mass is 10.1. The second-order valence-electron chi connectivity index (χ2n) is 3.91. The zero-order valence-electron chi connectivity index (χ0n) is 9.76. The van der Waals surface area contributed by atoms with Gasteiger partial charge in [0.1, 0.15) is 0 Å². The standard InChI is InChI=1S/C15H12S3/c1-2-5-11-10-18-15(13-7-4-9-17-13)14(11)12-6-3-8-16-12/h2-4,6-10H,1,5H2. The van der Waals surface area contributed by atoms with Gasteiger partial charge in [-0.3, -0.25) is 0 Å². The predicted molar refractivity (Wildman–Crippen MR) is 84.8 cm³/mol. The Labute approximate surface area is 119 Å². The van der Waals surface area contributed by atoms with Gasteiger partial charge in [0.15, 0.2) is 0 Å².